The fourth-order valence-electron chi connectivity index (χ4n) is 2.96. The Labute approximate surface area is 125 Å². The Morgan fingerprint density at radius 1 is 1.41 bits per heavy atom. The maximum absolute atomic E-state index is 13.2. The minimum absolute atomic E-state index is 0.0291. The molecule has 0 aliphatic carbocycles. The lowest BCUT2D eigenvalue weighted by molar-refractivity contribution is -0.385. The summed E-state index contributed by atoms with van der Waals surface area (Å²) < 4.78 is 26.4. The molecule has 1 aromatic carbocycles. The molecule has 6 nitrogen and oxygen atoms in total. The van der Waals surface area contributed by atoms with Crippen molar-refractivity contribution in [2.45, 2.75) is 31.4 Å². The quantitative estimate of drug-likeness (QED) is 0.663. The van der Waals surface area contributed by atoms with Gasteiger partial charge in [0.05, 0.1) is 17.5 Å². The van der Waals surface area contributed by atoms with Gasteiger partial charge in [0.15, 0.2) is 0 Å². The molecule has 0 bridgehead atoms. The number of nitrogens with zero attached hydrogens (tertiary/aromatic N) is 2. The monoisotopic (exact) mass is 311 g/mol. The van der Waals surface area contributed by atoms with Gasteiger partial charge in [0.2, 0.25) is 5.91 Å². The second-order valence-corrected chi connectivity index (χ2v) is 5.71. The molecule has 1 saturated heterocycles. The summed E-state index contributed by atoms with van der Waals surface area (Å²) in [7, 11) is 0. The number of nitro groups is 1. The van der Waals surface area contributed by atoms with Crippen LogP contribution in [-0.4, -0.2) is 40.8 Å². The van der Waals surface area contributed by atoms with E-state index in [-0.39, 0.29) is 18.1 Å². The molecule has 3 rings (SSSR count). The second kappa shape index (κ2) is 5.28. The Morgan fingerprint density at radius 2 is 2.18 bits per heavy atom. The number of halogens is 2. The number of carbonyl (C=O) groups is 1. The molecular formula is C14H15F2N3O3. The van der Waals surface area contributed by atoms with E-state index in [1.54, 1.807) is 6.07 Å². The van der Waals surface area contributed by atoms with Crippen LogP contribution >= 0.6 is 0 Å². The number of non-ortho nitro benzene ring substituents is 1. The van der Waals surface area contributed by atoms with Gasteiger partial charge in [-0.25, -0.2) is 8.78 Å². The van der Waals surface area contributed by atoms with Crippen molar-refractivity contribution in [3.8, 4) is 0 Å². The number of alkyl halides is 2. The molecule has 0 spiro atoms. The zero-order valence-corrected chi connectivity index (χ0v) is 11.7. The highest BCUT2D eigenvalue weighted by Crippen LogP contribution is 2.28. The van der Waals surface area contributed by atoms with Crippen LogP contribution in [0.15, 0.2) is 18.2 Å². The van der Waals surface area contributed by atoms with E-state index in [9.17, 15) is 23.7 Å². The Kier molecular flexibility index (Phi) is 3.56. The average molecular weight is 311 g/mol. The van der Waals surface area contributed by atoms with Crippen LogP contribution in [0.1, 0.15) is 17.5 Å². The summed E-state index contributed by atoms with van der Waals surface area (Å²) in [5, 5.41) is 13.4. The van der Waals surface area contributed by atoms with Gasteiger partial charge in [0.25, 0.3) is 11.6 Å². The molecule has 0 radical (unpaired) electrons. The second-order valence-electron chi connectivity index (χ2n) is 5.71. The highest BCUT2D eigenvalue weighted by atomic mass is 19.3. The van der Waals surface area contributed by atoms with Crippen LogP contribution in [0.25, 0.3) is 0 Å². The van der Waals surface area contributed by atoms with Crippen LogP contribution in [0, 0.1) is 10.1 Å². The Morgan fingerprint density at radius 3 is 2.82 bits per heavy atom. The van der Waals surface area contributed by atoms with Crippen LogP contribution in [0.5, 0.6) is 0 Å². The SMILES string of the molecule is O=C(C1CC(F)(F)CN1)N1CCc2ccc([N+](=O)[O-])cc2C1. The summed E-state index contributed by atoms with van der Waals surface area (Å²) in [5.41, 5.74) is 1.64. The van der Waals surface area contributed by atoms with Gasteiger partial charge in [0.1, 0.15) is 0 Å². The van der Waals surface area contributed by atoms with E-state index >= 15 is 0 Å². The van der Waals surface area contributed by atoms with Gasteiger partial charge < -0.3 is 4.90 Å². The Bertz CT molecular complexity index is 636. The molecule has 1 unspecified atom stereocenters. The largest absolute Gasteiger partial charge is 0.337 e. The molecule has 2 aliphatic heterocycles. The molecule has 1 amide bonds. The van der Waals surface area contributed by atoms with E-state index in [2.05, 4.69) is 5.32 Å². The molecule has 2 heterocycles. The van der Waals surface area contributed by atoms with E-state index in [1.165, 1.54) is 17.0 Å². The molecule has 0 aromatic heterocycles. The van der Waals surface area contributed by atoms with E-state index in [1.807, 2.05) is 0 Å². The average Bonchev–Trinajstić information content (AvgIpc) is 2.85. The van der Waals surface area contributed by atoms with E-state index in [4.69, 9.17) is 0 Å². The first-order chi connectivity index (χ1) is 10.4. The molecule has 1 aromatic rings. The van der Waals surface area contributed by atoms with Gasteiger partial charge in [-0.05, 0) is 17.5 Å². The van der Waals surface area contributed by atoms with Crippen LogP contribution in [0.2, 0.25) is 0 Å². The molecule has 8 heteroatoms. The molecule has 118 valence electrons. The van der Waals surface area contributed by atoms with E-state index < -0.39 is 29.9 Å². The van der Waals surface area contributed by atoms with Gasteiger partial charge in [-0.3, -0.25) is 20.2 Å². The number of hydrogen-bond acceptors (Lipinski definition) is 4. The van der Waals surface area contributed by atoms with Gasteiger partial charge in [-0.1, -0.05) is 6.07 Å². The summed E-state index contributed by atoms with van der Waals surface area (Å²) in [6.07, 6.45) is 0.0757. The highest BCUT2D eigenvalue weighted by molar-refractivity contribution is 5.82. The van der Waals surface area contributed by atoms with Crippen molar-refractivity contribution in [3.63, 3.8) is 0 Å². The highest BCUT2D eigenvalue weighted by Gasteiger charge is 2.43. The minimum Gasteiger partial charge on any atom is -0.337 e. The zero-order valence-electron chi connectivity index (χ0n) is 11.7. The van der Waals surface area contributed by atoms with Crippen molar-refractivity contribution in [1.82, 2.24) is 10.2 Å². The number of rotatable bonds is 2. The van der Waals surface area contributed by atoms with Gasteiger partial charge in [-0.15, -0.1) is 0 Å². The van der Waals surface area contributed by atoms with Crippen LogP contribution in [-0.2, 0) is 17.8 Å². The number of fused-ring (bicyclic) bond motifs is 1. The number of nitrogens with one attached hydrogen (secondary N) is 1. The van der Waals surface area contributed by atoms with Crippen molar-refractivity contribution in [2.75, 3.05) is 13.1 Å². The van der Waals surface area contributed by atoms with Crippen molar-refractivity contribution in [3.05, 3.63) is 39.4 Å². The summed E-state index contributed by atoms with van der Waals surface area (Å²) in [4.78, 5) is 24.1. The third-order valence-electron chi connectivity index (χ3n) is 4.13. The lowest BCUT2D eigenvalue weighted by atomic mass is 9.98. The maximum Gasteiger partial charge on any atom is 0.269 e. The van der Waals surface area contributed by atoms with Gasteiger partial charge in [-0.2, -0.15) is 0 Å². The topological polar surface area (TPSA) is 75.5 Å². The Balaban J connectivity index is 1.75. The lowest BCUT2D eigenvalue weighted by Crippen LogP contribution is -2.45. The fraction of sp³-hybridized carbons (Fsp3) is 0.500. The summed E-state index contributed by atoms with van der Waals surface area (Å²) in [6, 6.07) is 3.70. The Hall–Kier alpha value is -2.09. The summed E-state index contributed by atoms with van der Waals surface area (Å²) >= 11 is 0. The molecule has 22 heavy (non-hydrogen) atoms. The van der Waals surface area contributed by atoms with Gasteiger partial charge >= 0.3 is 0 Å². The predicted molar refractivity (Wildman–Crippen MR) is 73.6 cm³/mol. The van der Waals surface area contributed by atoms with Crippen LogP contribution < -0.4 is 5.32 Å². The fourth-order valence-corrected chi connectivity index (χ4v) is 2.96. The summed E-state index contributed by atoms with van der Waals surface area (Å²) in [5.74, 6) is -3.22. The first-order valence-electron chi connectivity index (χ1n) is 7.02. The maximum atomic E-state index is 13.2. The molecule has 1 atom stereocenters. The number of benzene rings is 1. The third-order valence-corrected chi connectivity index (χ3v) is 4.13. The van der Waals surface area contributed by atoms with Crippen molar-refractivity contribution < 1.29 is 18.5 Å². The van der Waals surface area contributed by atoms with Crippen molar-refractivity contribution >= 4 is 11.6 Å². The molecular weight excluding hydrogens is 296 g/mol. The third kappa shape index (κ3) is 2.78. The van der Waals surface area contributed by atoms with Crippen molar-refractivity contribution in [2.24, 2.45) is 0 Å². The van der Waals surface area contributed by atoms with Crippen molar-refractivity contribution in [1.29, 1.82) is 0 Å². The van der Waals surface area contributed by atoms with E-state index in [0.717, 1.165) is 5.56 Å². The number of nitro benzene ring substituents is 1. The molecule has 1 fully saturated rings. The molecule has 0 saturated carbocycles. The van der Waals surface area contributed by atoms with E-state index in [0.29, 0.717) is 18.5 Å². The number of carbonyl (C=O) groups excluding carboxylic acids is 1. The normalized spacial score (nSPS) is 23.2. The lowest BCUT2D eigenvalue weighted by Gasteiger charge is -2.30. The number of amides is 1. The first-order valence-corrected chi connectivity index (χ1v) is 7.02. The number of hydrogen-bond donors (Lipinski definition) is 1. The zero-order chi connectivity index (χ0) is 15.9. The minimum atomic E-state index is -2.85. The summed E-state index contributed by atoms with van der Waals surface area (Å²) in [6.45, 7) is 0.173. The molecule has 1 N–H and O–H groups in total. The molecule has 2 aliphatic rings. The van der Waals surface area contributed by atoms with Crippen LogP contribution in [0.4, 0.5) is 14.5 Å². The first kappa shape index (κ1) is 14.8. The van der Waals surface area contributed by atoms with Crippen LogP contribution in [0.3, 0.4) is 0 Å². The smallest absolute Gasteiger partial charge is 0.269 e. The predicted octanol–water partition coefficient (Wildman–Crippen LogP) is 1.48. The van der Waals surface area contributed by atoms with Gasteiger partial charge in [0, 0.05) is 31.6 Å². The standard InChI is InChI=1S/C14H15F2N3O3/c15-14(16)6-12(17-8-14)13(20)18-4-3-9-1-2-11(19(21)22)5-10(9)7-18/h1-2,5,12,17H,3-4,6-8H2.